The Morgan fingerprint density at radius 3 is 2.90 bits per heavy atom. The molecule has 1 N–H and O–H groups in total. The summed E-state index contributed by atoms with van der Waals surface area (Å²) in [7, 11) is 1.70. The highest BCUT2D eigenvalue weighted by Crippen LogP contribution is 2.28. The van der Waals surface area contributed by atoms with Gasteiger partial charge in [-0.3, -0.25) is 9.69 Å². The van der Waals surface area contributed by atoms with Crippen LogP contribution in [0.2, 0.25) is 0 Å². The smallest absolute Gasteiger partial charge is 0.290 e. The van der Waals surface area contributed by atoms with Crippen LogP contribution in [-0.4, -0.2) is 42.2 Å². The summed E-state index contributed by atoms with van der Waals surface area (Å²) >= 11 is 0. The van der Waals surface area contributed by atoms with Gasteiger partial charge in [0.05, 0.1) is 12.8 Å². The summed E-state index contributed by atoms with van der Waals surface area (Å²) in [5, 5.41) is 7.35. The molecule has 2 fully saturated rings. The van der Waals surface area contributed by atoms with Gasteiger partial charge in [0, 0.05) is 31.1 Å². The Morgan fingerprint density at radius 1 is 1.21 bits per heavy atom. The predicted octanol–water partition coefficient (Wildman–Crippen LogP) is 4.13. The number of carbonyl (C=O) groups is 1. The molecule has 1 unspecified atom stereocenters. The average molecular weight is 398 g/mol. The molecule has 6 heteroatoms. The minimum Gasteiger partial charge on any atom is -0.497 e. The van der Waals surface area contributed by atoms with Gasteiger partial charge in [-0.1, -0.05) is 36.6 Å². The van der Waals surface area contributed by atoms with Crippen molar-refractivity contribution < 1.29 is 14.1 Å². The van der Waals surface area contributed by atoms with Crippen LogP contribution < -0.4 is 10.1 Å². The Balaban J connectivity index is 1.35. The zero-order valence-electron chi connectivity index (χ0n) is 17.2. The maximum Gasteiger partial charge on any atom is 0.290 e. The molecule has 1 aliphatic heterocycles. The van der Waals surface area contributed by atoms with E-state index in [0.29, 0.717) is 11.7 Å². The summed E-state index contributed by atoms with van der Waals surface area (Å²) in [6, 6.07) is 10.3. The largest absolute Gasteiger partial charge is 0.497 e. The second-order valence-corrected chi connectivity index (χ2v) is 8.35. The van der Waals surface area contributed by atoms with E-state index in [1.54, 1.807) is 7.11 Å². The lowest BCUT2D eigenvalue weighted by atomic mass is 9.94. The van der Waals surface area contributed by atoms with Gasteiger partial charge < -0.3 is 14.6 Å². The van der Waals surface area contributed by atoms with Crippen molar-refractivity contribution in [2.75, 3.05) is 20.2 Å². The summed E-state index contributed by atoms with van der Waals surface area (Å²) in [6.07, 6.45) is 7.97. The fourth-order valence-electron chi connectivity index (χ4n) is 4.56. The molecule has 0 spiro atoms. The van der Waals surface area contributed by atoms with E-state index in [4.69, 9.17) is 9.26 Å². The Bertz CT molecular complexity index is 813. The molecule has 0 bridgehead atoms. The first-order chi connectivity index (χ1) is 14.2. The molecule has 1 aliphatic carbocycles. The van der Waals surface area contributed by atoms with E-state index in [0.717, 1.165) is 56.8 Å². The van der Waals surface area contributed by atoms with E-state index in [1.165, 1.54) is 24.8 Å². The van der Waals surface area contributed by atoms with Crippen LogP contribution in [-0.2, 0) is 6.54 Å². The molecule has 2 heterocycles. The number of aromatic nitrogens is 1. The molecule has 156 valence electrons. The van der Waals surface area contributed by atoms with Gasteiger partial charge in [-0.25, -0.2) is 0 Å². The molecule has 1 aromatic heterocycles. The van der Waals surface area contributed by atoms with Gasteiger partial charge in [0.15, 0.2) is 0 Å². The predicted molar refractivity (Wildman–Crippen MR) is 111 cm³/mol. The third-order valence-electron chi connectivity index (χ3n) is 6.16. The Hall–Kier alpha value is -2.34. The summed E-state index contributed by atoms with van der Waals surface area (Å²) in [5.41, 5.74) is 2.15. The van der Waals surface area contributed by atoms with Crippen molar-refractivity contribution in [1.82, 2.24) is 15.4 Å². The molecule has 1 saturated heterocycles. The van der Waals surface area contributed by atoms with Crippen LogP contribution in [0.1, 0.15) is 72.7 Å². The van der Waals surface area contributed by atoms with Gasteiger partial charge >= 0.3 is 0 Å². The molecule has 2 aliphatic rings. The number of hydrogen-bond acceptors (Lipinski definition) is 5. The molecular weight excluding hydrogens is 366 g/mol. The number of piperidine rings is 1. The van der Waals surface area contributed by atoms with Crippen LogP contribution in [0.15, 0.2) is 34.9 Å². The summed E-state index contributed by atoms with van der Waals surface area (Å²) in [4.78, 5) is 15.0. The van der Waals surface area contributed by atoms with Crippen LogP contribution in [0.4, 0.5) is 0 Å². The van der Waals surface area contributed by atoms with Crippen LogP contribution in [0.3, 0.4) is 0 Å². The van der Waals surface area contributed by atoms with Gasteiger partial charge in [-0.15, -0.1) is 0 Å². The van der Waals surface area contributed by atoms with Crippen molar-refractivity contribution in [3.05, 3.63) is 47.3 Å². The number of amides is 1. The SMILES string of the molecule is COc1cccc(CN2CCCC(c3cc(C(=O)NC4CCCCC4)on3)C2)c1. The van der Waals surface area contributed by atoms with Crippen molar-refractivity contribution in [2.24, 2.45) is 0 Å². The van der Waals surface area contributed by atoms with Crippen molar-refractivity contribution in [1.29, 1.82) is 0 Å². The quantitative estimate of drug-likeness (QED) is 0.794. The number of nitrogens with zero attached hydrogens (tertiary/aromatic N) is 2. The number of nitrogens with one attached hydrogen (secondary N) is 1. The molecule has 1 atom stereocenters. The van der Waals surface area contributed by atoms with E-state index in [9.17, 15) is 4.79 Å². The fourth-order valence-corrected chi connectivity index (χ4v) is 4.56. The van der Waals surface area contributed by atoms with Crippen molar-refractivity contribution >= 4 is 5.91 Å². The van der Waals surface area contributed by atoms with Crippen molar-refractivity contribution in [2.45, 2.75) is 63.5 Å². The van der Waals surface area contributed by atoms with E-state index in [1.807, 2.05) is 18.2 Å². The lowest BCUT2D eigenvalue weighted by Gasteiger charge is -2.31. The number of benzene rings is 1. The van der Waals surface area contributed by atoms with Gasteiger partial charge in [0.1, 0.15) is 5.75 Å². The molecule has 6 nitrogen and oxygen atoms in total. The topological polar surface area (TPSA) is 67.6 Å². The summed E-state index contributed by atoms with van der Waals surface area (Å²) < 4.78 is 10.7. The minimum atomic E-state index is -0.125. The lowest BCUT2D eigenvalue weighted by molar-refractivity contribution is 0.0890. The molecule has 1 aromatic carbocycles. The summed E-state index contributed by atoms with van der Waals surface area (Å²) in [6.45, 7) is 2.88. The third kappa shape index (κ3) is 5.18. The van der Waals surface area contributed by atoms with Gasteiger partial charge in [0.25, 0.3) is 5.91 Å². The van der Waals surface area contributed by atoms with E-state index in [-0.39, 0.29) is 11.9 Å². The number of rotatable bonds is 6. The zero-order valence-corrected chi connectivity index (χ0v) is 17.2. The Kier molecular flexibility index (Phi) is 6.49. The number of hydrogen-bond donors (Lipinski definition) is 1. The van der Waals surface area contributed by atoms with Crippen molar-refractivity contribution in [3.8, 4) is 5.75 Å². The standard InChI is InChI=1S/C23H31N3O3/c1-28-20-11-5-7-17(13-20)15-26-12-6-8-18(16-26)21-14-22(29-25-21)23(27)24-19-9-3-2-4-10-19/h5,7,11,13-14,18-19H,2-4,6,8-10,12,15-16H2,1H3,(H,24,27). The monoisotopic (exact) mass is 397 g/mol. The molecule has 0 radical (unpaired) electrons. The highest BCUT2D eigenvalue weighted by Gasteiger charge is 2.26. The van der Waals surface area contributed by atoms with Gasteiger partial charge in [-0.2, -0.15) is 0 Å². The van der Waals surface area contributed by atoms with Gasteiger partial charge in [-0.05, 0) is 49.9 Å². The van der Waals surface area contributed by atoms with Crippen LogP contribution in [0, 0.1) is 0 Å². The Morgan fingerprint density at radius 2 is 2.07 bits per heavy atom. The minimum absolute atomic E-state index is 0.125. The van der Waals surface area contributed by atoms with Crippen LogP contribution >= 0.6 is 0 Å². The number of methoxy groups -OCH3 is 1. The van der Waals surface area contributed by atoms with Crippen molar-refractivity contribution in [3.63, 3.8) is 0 Å². The fraction of sp³-hybridized carbons (Fsp3) is 0.565. The molecular formula is C23H31N3O3. The van der Waals surface area contributed by atoms with Crippen LogP contribution in [0.25, 0.3) is 0 Å². The summed E-state index contributed by atoms with van der Waals surface area (Å²) in [5.74, 6) is 1.41. The zero-order chi connectivity index (χ0) is 20.1. The number of carbonyl (C=O) groups excluding carboxylic acids is 1. The first-order valence-corrected chi connectivity index (χ1v) is 10.8. The molecule has 4 rings (SSSR count). The molecule has 1 amide bonds. The van der Waals surface area contributed by atoms with Crippen LogP contribution in [0.5, 0.6) is 5.75 Å². The first-order valence-electron chi connectivity index (χ1n) is 10.8. The second-order valence-electron chi connectivity index (χ2n) is 8.35. The van der Waals surface area contributed by atoms with Gasteiger partial charge in [0.2, 0.25) is 5.76 Å². The Labute approximate surface area is 172 Å². The normalized spacial score (nSPS) is 21.1. The first kappa shape index (κ1) is 20.0. The van der Waals surface area contributed by atoms with E-state index < -0.39 is 0 Å². The molecule has 1 saturated carbocycles. The highest BCUT2D eigenvalue weighted by molar-refractivity contribution is 5.91. The highest BCUT2D eigenvalue weighted by atomic mass is 16.5. The second kappa shape index (κ2) is 9.44. The van der Waals surface area contributed by atoms with E-state index >= 15 is 0 Å². The lowest BCUT2D eigenvalue weighted by Crippen LogP contribution is -2.36. The molecule has 29 heavy (non-hydrogen) atoms. The third-order valence-corrected chi connectivity index (χ3v) is 6.16. The maximum absolute atomic E-state index is 12.5. The average Bonchev–Trinajstić information content (AvgIpc) is 3.25. The number of likely N-dealkylation sites (tertiary alicyclic amines) is 1. The maximum atomic E-state index is 12.5. The molecule has 2 aromatic rings. The van der Waals surface area contributed by atoms with E-state index in [2.05, 4.69) is 27.5 Å². The number of ether oxygens (including phenoxy) is 1.